The molecular formula is C19H21NO4. The van der Waals surface area contributed by atoms with Crippen molar-refractivity contribution in [1.29, 1.82) is 0 Å². The average molecular weight is 327 g/mol. The Kier molecular flexibility index (Phi) is 5.58. The zero-order valence-electron chi connectivity index (χ0n) is 14.0. The minimum absolute atomic E-state index is 0.117. The summed E-state index contributed by atoms with van der Waals surface area (Å²) >= 11 is 0. The van der Waals surface area contributed by atoms with E-state index in [-0.39, 0.29) is 11.5 Å². The third-order valence-electron chi connectivity index (χ3n) is 3.68. The highest BCUT2D eigenvalue weighted by Gasteiger charge is 2.44. The van der Waals surface area contributed by atoms with Gasteiger partial charge in [0.1, 0.15) is 5.57 Å². The lowest BCUT2D eigenvalue weighted by molar-refractivity contribution is -0.242. The number of hydrogen-bond donors (Lipinski definition) is 1. The number of allylic oxidation sites excluding steroid dienone is 4. The molecule has 0 bridgehead atoms. The SMILES string of the molecule is CC(C)C1(C)OC(=O)C(=C/C=C/C=C/Nc2ccccc2)C(=O)O1. The second-order valence-electron chi connectivity index (χ2n) is 5.78. The molecule has 5 heteroatoms. The van der Waals surface area contributed by atoms with Crippen LogP contribution in [0.15, 0.2) is 66.4 Å². The maximum absolute atomic E-state index is 12.0. The van der Waals surface area contributed by atoms with E-state index in [0.717, 1.165) is 5.69 Å². The van der Waals surface area contributed by atoms with Gasteiger partial charge in [-0.1, -0.05) is 44.2 Å². The lowest BCUT2D eigenvalue weighted by Gasteiger charge is -2.36. The number of ether oxygens (including phenoxy) is 2. The van der Waals surface area contributed by atoms with Gasteiger partial charge in [0.05, 0.1) is 0 Å². The van der Waals surface area contributed by atoms with Crippen molar-refractivity contribution in [3.05, 3.63) is 66.4 Å². The monoisotopic (exact) mass is 327 g/mol. The van der Waals surface area contributed by atoms with E-state index in [1.54, 1.807) is 31.4 Å². The number of benzene rings is 1. The number of carbonyl (C=O) groups excluding carboxylic acids is 2. The molecule has 1 aromatic carbocycles. The normalized spacial score (nSPS) is 21.2. The summed E-state index contributed by atoms with van der Waals surface area (Å²) in [6, 6.07) is 9.68. The predicted molar refractivity (Wildman–Crippen MR) is 91.9 cm³/mol. The van der Waals surface area contributed by atoms with E-state index in [4.69, 9.17) is 9.47 Å². The molecule has 1 aliphatic heterocycles. The number of esters is 2. The average Bonchev–Trinajstić information content (AvgIpc) is 2.53. The van der Waals surface area contributed by atoms with Crippen molar-refractivity contribution in [3.8, 4) is 0 Å². The maximum atomic E-state index is 12.0. The molecule has 1 fully saturated rings. The van der Waals surface area contributed by atoms with Crippen molar-refractivity contribution in [1.82, 2.24) is 0 Å². The number of anilines is 1. The summed E-state index contributed by atoms with van der Waals surface area (Å²) in [7, 11) is 0. The minimum atomic E-state index is -1.21. The number of para-hydroxylation sites is 1. The lowest BCUT2D eigenvalue weighted by Crippen LogP contribution is -2.47. The number of hydrogen-bond acceptors (Lipinski definition) is 5. The molecule has 1 saturated heterocycles. The third-order valence-corrected chi connectivity index (χ3v) is 3.68. The predicted octanol–water partition coefficient (Wildman–Crippen LogP) is 3.57. The zero-order chi connectivity index (χ0) is 17.6. The molecule has 0 spiro atoms. The standard InChI is InChI=1S/C19H21NO4/c1-14(2)19(3)23-17(21)16(18(22)24-19)12-8-5-9-13-20-15-10-6-4-7-11-15/h4-14,20H,1-3H3/b8-5+,13-9+,16-12?. The second-order valence-corrected chi connectivity index (χ2v) is 5.78. The van der Waals surface area contributed by atoms with Crippen molar-refractivity contribution >= 4 is 17.6 Å². The van der Waals surface area contributed by atoms with Gasteiger partial charge >= 0.3 is 11.9 Å². The van der Waals surface area contributed by atoms with E-state index >= 15 is 0 Å². The number of rotatable bonds is 5. The summed E-state index contributed by atoms with van der Waals surface area (Å²) in [5, 5.41) is 3.09. The molecule has 24 heavy (non-hydrogen) atoms. The van der Waals surface area contributed by atoms with Crippen molar-refractivity contribution < 1.29 is 19.1 Å². The van der Waals surface area contributed by atoms with E-state index in [1.807, 2.05) is 44.2 Å². The zero-order valence-corrected chi connectivity index (χ0v) is 14.0. The maximum Gasteiger partial charge on any atom is 0.348 e. The Balaban J connectivity index is 1.94. The summed E-state index contributed by atoms with van der Waals surface area (Å²) in [4.78, 5) is 23.9. The first-order valence-electron chi connectivity index (χ1n) is 7.74. The van der Waals surface area contributed by atoms with Crippen LogP contribution >= 0.6 is 0 Å². The first-order valence-corrected chi connectivity index (χ1v) is 7.74. The highest BCUT2D eigenvalue weighted by atomic mass is 16.7. The first-order chi connectivity index (χ1) is 11.4. The second kappa shape index (κ2) is 7.64. The van der Waals surface area contributed by atoms with E-state index in [2.05, 4.69) is 5.32 Å². The Hall–Kier alpha value is -2.82. The summed E-state index contributed by atoms with van der Waals surface area (Å²) in [6.45, 7) is 5.22. The van der Waals surface area contributed by atoms with Gasteiger partial charge in [0.2, 0.25) is 0 Å². The van der Waals surface area contributed by atoms with E-state index in [9.17, 15) is 9.59 Å². The van der Waals surface area contributed by atoms with Crippen LogP contribution in [0, 0.1) is 5.92 Å². The van der Waals surface area contributed by atoms with Crippen molar-refractivity contribution in [2.45, 2.75) is 26.6 Å². The smallest absolute Gasteiger partial charge is 0.348 e. The van der Waals surface area contributed by atoms with Gasteiger partial charge in [0.25, 0.3) is 5.79 Å². The number of nitrogens with one attached hydrogen (secondary N) is 1. The molecule has 0 aromatic heterocycles. The quantitative estimate of drug-likeness (QED) is 0.388. The highest BCUT2D eigenvalue weighted by Crippen LogP contribution is 2.29. The molecule has 1 heterocycles. The van der Waals surface area contributed by atoms with Crippen LogP contribution in [0.4, 0.5) is 5.69 Å². The fraction of sp³-hybridized carbons (Fsp3) is 0.263. The van der Waals surface area contributed by atoms with Crippen molar-refractivity contribution in [3.63, 3.8) is 0 Å². The molecule has 0 amide bonds. The Morgan fingerprint density at radius 2 is 1.62 bits per heavy atom. The summed E-state index contributed by atoms with van der Waals surface area (Å²) in [5.74, 6) is -2.68. The Bertz CT molecular complexity index is 667. The largest absolute Gasteiger partial charge is 0.419 e. The molecule has 0 atom stereocenters. The summed E-state index contributed by atoms with van der Waals surface area (Å²) < 4.78 is 10.5. The van der Waals surface area contributed by atoms with E-state index < -0.39 is 17.7 Å². The van der Waals surface area contributed by atoms with Crippen LogP contribution in [0.3, 0.4) is 0 Å². The van der Waals surface area contributed by atoms with Crippen LogP contribution in [0.5, 0.6) is 0 Å². The molecule has 0 unspecified atom stereocenters. The Morgan fingerprint density at radius 3 is 2.21 bits per heavy atom. The fourth-order valence-corrected chi connectivity index (χ4v) is 1.90. The van der Waals surface area contributed by atoms with Crippen LogP contribution in [0.25, 0.3) is 0 Å². The number of carbonyl (C=O) groups is 2. The molecule has 1 aliphatic rings. The molecule has 0 radical (unpaired) electrons. The van der Waals surface area contributed by atoms with Gasteiger partial charge in [-0.3, -0.25) is 0 Å². The van der Waals surface area contributed by atoms with Crippen LogP contribution in [0.1, 0.15) is 20.8 Å². The Labute approximate surface area is 141 Å². The Morgan fingerprint density at radius 1 is 1.00 bits per heavy atom. The fourth-order valence-electron chi connectivity index (χ4n) is 1.90. The van der Waals surface area contributed by atoms with Crippen LogP contribution < -0.4 is 5.32 Å². The van der Waals surface area contributed by atoms with Gasteiger partial charge < -0.3 is 14.8 Å². The number of cyclic esters (lactones) is 2. The van der Waals surface area contributed by atoms with Crippen LogP contribution in [0.2, 0.25) is 0 Å². The van der Waals surface area contributed by atoms with Gasteiger partial charge in [-0.25, -0.2) is 9.59 Å². The molecule has 1 N–H and O–H groups in total. The molecule has 1 aromatic rings. The molecule has 0 saturated carbocycles. The molecule has 2 rings (SSSR count). The summed E-state index contributed by atoms with van der Waals surface area (Å²) in [5.41, 5.74) is 0.849. The summed E-state index contributed by atoms with van der Waals surface area (Å²) in [6.07, 6.45) is 8.16. The van der Waals surface area contributed by atoms with Crippen molar-refractivity contribution in [2.75, 3.05) is 5.32 Å². The lowest BCUT2D eigenvalue weighted by atomic mass is 10.0. The van der Waals surface area contributed by atoms with Crippen LogP contribution in [-0.4, -0.2) is 17.7 Å². The molecule has 0 aliphatic carbocycles. The van der Waals surface area contributed by atoms with Gasteiger partial charge in [-0.2, -0.15) is 0 Å². The van der Waals surface area contributed by atoms with Gasteiger partial charge in [-0.05, 0) is 24.3 Å². The third kappa shape index (κ3) is 4.35. The van der Waals surface area contributed by atoms with Crippen molar-refractivity contribution in [2.24, 2.45) is 5.92 Å². The molecular weight excluding hydrogens is 306 g/mol. The van der Waals surface area contributed by atoms with Crippen LogP contribution in [-0.2, 0) is 19.1 Å². The molecule has 5 nitrogen and oxygen atoms in total. The first kappa shape index (κ1) is 17.5. The highest BCUT2D eigenvalue weighted by molar-refractivity contribution is 6.15. The van der Waals surface area contributed by atoms with Gasteiger partial charge in [-0.15, -0.1) is 0 Å². The minimum Gasteiger partial charge on any atom is -0.419 e. The molecule has 126 valence electrons. The van der Waals surface area contributed by atoms with E-state index in [1.165, 1.54) is 6.08 Å². The van der Waals surface area contributed by atoms with E-state index in [0.29, 0.717) is 0 Å². The van der Waals surface area contributed by atoms with Gasteiger partial charge in [0, 0.05) is 24.7 Å². The van der Waals surface area contributed by atoms with Gasteiger partial charge in [0.15, 0.2) is 0 Å². The topological polar surface area (TPSA) is 64.6 Å².